The first-order chi connectivity index (χ1) is 15.2. The van der Waals surface area contributed by atoms with E-state index >= 15 is 0 Å². The molecule has 6 nitrogen and oxygen atoms in total. The van der Waals surface area contributed by atoms with Crippen LogP contribution >= 0.6 is 15.9 Å². The van der Waals surface area contributed by atoms with Gasteiger partial charge in [0.05, 0.1) is 13.4 Å². The van der Waals surface area contributed by atoms with E-state index in [1.54, 1.807) is 7.11 Å². The van der Waals surface area contributed by atoms with Crippen LogP contribution in [0.15, 0.2) is 46.9 Å². The zero-order chi connectivity index (χ0) is 23.3. The summed E-state index contributed by atoms with van der Waals surface area (Å²) in [6.45, 7) is 2.94. The average Bonchev–Trinajstić information content (AvgIpc) is 2.98. The van der Waals surface area contributed by atoms with Crippen molar-refractivity contribution in [3.8, 4) is 5.75 Å². The predicted octanol–water partition coefficient (Wildman–Crippen LogP) is 4.95. The summed E-state index contributed by atoms with van der Waals surface area (Å²) in [6.07, 6.45) is 4.51. The topological polar surface area (TPSA) is 77.4 Å². The van der Waals surface area contributed by atoms with Crippen molar-refractivity contribution in [3.63, 3.8) is 0 Å². The van der Waals surface area contributed by atoms with Gasteiger partial charge >= 0.3 is 0 Å². The number of rotatable bonds is 10. The summed E-state index contributed by atoms with van der Waals surface area (Å²) < 4.78 is 33.1. The number of aryl methyl sites for hydroxylation is 1. The molecule has 1 heterocycles. The summed E-state index contributed by atoms with van der Waals surface area (Å²) in [5, 5.41) is 1.19. The lowest BCUT2D eigenvalue weighted by Crippen LogP contribution is -2.28. The minimum absolute atomic E-state index is 0.213. The van der Waals surface area contributed by atoms with E-state index < -0.39 is 15.9 Å². The van der Waals surface area contributed by atoms with Gasteiger partial charge in [0.15, 0.2) is 0 Å². The Labute approximate surface area is 198 Å². The van der Waals surface area contributed by atoms with Crippen LogP contribution in [0.4, 0.5) is 0 Å². The Hall–Kier alpha value is -2.32. The molecule has 172 valence electrons. The lowest BCUT2D eigenvalue weighted by molar-refractivity contribution is -0.119. The van der Waals surface area contributed by atoms with Crippen LogP contribution in [0.5, 0.6) is 5.75 Å². The molecule has 0 saturated carbocycles. The zero-order valence-corrected chi connectivity index (χ0v) is 21.1. The van der Waals surface area contributed by atoms with Crippen molar-refractivity contribution in [1.29, 1.82) is 0 Å². The lowest BCUT2D eigenvalue weighted by atomic mass is 10.0. The van der Waals surface area contributed by atoms with Crippen molar-refractivity contribution in [1.82, 2.24) is 9.29 Å². The zero-order valence-electron chi connectivity index (χ0n) is 18.7. The molecule has 0 bridgehead atoms. The number of fused-ring (bicyclic) bond motifs is 1. The number of hydrogen-bond donors (Lipinski definition) is 1. The van der Waals surface area contributed by atoms with E-state index in [4.69, 9.17) is 4.74 Å². The van der Waals surface area contributed by atoms with Gasteiger partial charge in [-0.3, -0.25) is 9.52 Å². The first-order valence-electron chi connectivity index (χ1n) is 10.6. The van der Waals surface area contributed by atoms with E-state index in [9.17, 15) is 13.2 Å². The Morgan fingerprint density at radius 2 is 1.81 bits per heavy atom. The highest BCUT2D eigenvalue weighted by atomic mass is 79.9. The van der Waals surface area contributed by atoms with Crippen molar-refractivity contribution < 1.29 is 17.9 Å². The second kappa shape index (κ2) is 10.5. The highest BCUT2D eigenvalue weighted by Gasteiger charge is 2.15. The van der Waals surface area contributed by atoms with Crippen LogP contribution in [0.1, 0.15) is 42.5 Å². The number of amides is 1. The number of nitrogens with zero attached hydrogens (tertiary/aromatic N) is 1. The van der Waals surface area contributed by atoms with Gasteiger partial charge in [-0.1, -0.05) is 34.5 Å². The Kier molecular flexibility index (Phi) is 8.00. The van der Waals surface area contributed by atoms with E-state index in [0.29, 0.717) is 6.42 Å². The number of halogens is 1. The Bertz CT molecular complexity index is 1200. The maximum Gasteiger partial charge on any atom is 0.233 e. The molecule has 0 spiro atoms. The molecule has 1 aromatic heterocycles. The van der Waals surface area contributed by atoms with Gasteiger partial charge in [0.2, 0.25) is 15.9 Å². The van der Waals surface area contributed by atoms with Crippen molar-refractivity contribution in [2.24, 2.45) is 0 Å². The van der Waals surface area contributed by atoms with Crippen LogP contribution in [-0.2, 0) is 27.8 Å². The minimum Gasteiger partial charge on any atom is -0.497 e. The third-order valence-electron chi connectivity index (χ3n) is 5.55. The van der Waals surface area contributed by atoms with E-state index in [1.807, 2.05) is 10.8 Å². The van der Waals surface area contributed by atoms with Gasteiger partial charge in [-0.05, 0) is 67.6 Å². The molecule has 3 aromatic rings. The molecule has 0 aliphatic heterocycles. The molecule has 0 radical (unpaired) electrons. The number of aromatic nitrogens is 1. The van der Waals surface area contributed by atoms with Crippen LogP contribution in [0, 0.1) is 6.92 Å². The largest absolute Gasteiger partial charge is 0.497 e. The van der Waals surface area contributed by atoms with Gasteiger partial charge in [0.1, 0.15) is 5.75 Å². The van der Waals surface area contributed by atoms with E-state index in [0.717, 1.165) is 42.3 Å². The number of ether oxygens (including phenoxy) is 1. The summed E-state index contributed by atoms with van der Waals surface area (Å²) in [5.74, 6) is 0.386. The molecular weight excluding hydrogens is 492 g/mol. The van der Waals surface area contributed by atoms with Crippen molar-refractivity contribution in [2.75, 3.05) is 13.4 Å². The normalized spacial score (nSPS) is 11.6. The molecule has 0 aliphatic carbocycles. The monoisotopic (exact) mass is 520 g/mol. The average molecular weight is 521 g/mol. The minimum atomic E-state index is -3.49. The van der Waals surface area contributed by atoms with Gasteiger partial charge in [-0.25, -0.2) is 8.42 Å². The molecule has 8 heteroatoms. The molecule has 0 saturated heterocycles. The van der Waals surface area contributed by atoms with Gasteiger partial charge in [0, 0.05) is 34.0 Å². The summed E-state index contributed by atoms with van der Waals surface area (Å²) in [4.78, 5) is 11.7. The highest BCUT2D eigenvalue weighted by molar-refractivity contribution is 9.10. The second-order valence-electron chi connectivity index (χ2n) is 8.02. The summed E-state index contributed by atoms with van der Waals surface area (Å²) in [7, 11) is -1.81. The number of carbonyl (C=O) groups is 1. The SMILES string of the molecule is COc1ccc2c(c1)c(CCCCCC(=O)NS(C)(=O)=O)c(C)n2Cc1ccc(Br)cc1. The fraction of sp³-hybridized carbons (Fsp3) is 0.375. The summed E-state index contributed by atoms with van der Waals surface area (Å²) in [5.41, 5.74) is 4.92. The number of methoxy groups -OCH3 is 1. The smallest absolute Gasteiger partial charge is 0.233 e. The molecule has 0 fully saturated rings. The number of sulfonamides is 1. The molecular formula is C24H29BrN2O4S. The molecule has 1 amide bonds. The van der Waals surface area contributed by atoms with Crippen molar-refractivity contribution in [2.45, 2.75) is 45.6 Å². The van der Waals surface area contributed by atoms with Crippen LogP contribution in [-0.4, -0.2) is 32.3 Å². The first kappa shape index (κ1) is 24.3. The van der Waals surface area contributed by atoms with Crippen LogP contribution in [0.3, 0.4) is 0 Å². The van der Waals surface area contributed by atoms with E-state index in [1.165, 1.54) is 27.7 Å². The summed E-state index contributed by atoms with van der Waals surface area (Å²) in [6, 6.07) is 14.6. The van der Waals surface area contributed by atoms with Crippen LogP contribution < -0.4 is 9.46 Å². The second-order valence-corrected chi connectivity index (χ2v) is 10.7. The maximum atomic E-state index is 11.7. The molecule has 0 aliphatic rings. The highest BCUT2D eigenvalue weighted by Crippen LogP contribution is 2.31. The van der Waals surface area contributed by atoms with Crippen molar-refractivity contribution >= 4 is 42.8 Å². The molecule has 0 unspecified atom stereocenters. The fourth-order valence-corrected chi connectivity index (χ4v) is 4.75. The fourth-order valence-electron chi connectivity index (χ4n) is 3.97. The van der Waals surface area contributed by atoms with Crippen molar-refractivity contribution in [3.05, 3.63) is 63.8 Å². The lowest BCUT2D eigenvalue weighted by Gasteiger charge is -2.10. The number of unbranched alkanes of at least 4 members (excludes halogenated alkanes) is 2. The number of nitrogens with one attached hydrogen (secondary N) is 1. The molecule has 0 atom stereocenters. The van der Waals surface area contributed by atoms with Gasteiger partial charge in [0.25, 0.3) is 0 Å². The number of carbonyl (C=O) groups excluding carboxylic acids is 1. The Balaban J connectivity index is 1.74. The molecule has 2 aromatic carbocycles. The quantitative estimate of drug-likeness (QED) is 0.383. The number of benzene rings is 2. The number of hydrogen-bond acceptors (Lipinski definition) is 4. The standard InChI is InChI=1S/C24H29BrN2O4S/c1-17-21(7-5-4-6-8-24(28)26-32(3,29)30)22-15-20(31-2)13-14-23(22)27(17)16-18-9-11-19(25)12-10-18/h9-15H,4-8,16H2,1-3H3,(H,26,28). The first-order valence-corrected chi connectivity index (χ1v) is 13.3. The van der Waals surface area contributed by atoms with Gasteiger partial charge in [-0.2, -0.15) is 0 Å². The molecule has 3 rings (SSSR count). The summed E-state index contributed by atoms with van der Waals surface area (Å²) >= 11 is 3.49. The maximum absolute atomic E-state index is 11.7. The van der Waals surface area contributed by atoms with E-state index in [-0.39, 0.29) is 6.42 Å². The third-order valence-corrected chi connectivity index (χ3v) is 6.67. The van der Waals surface area contributed by atoms with Gasteiger partial charge < -0.3 is 9.30 Å². The van der Waals surface area contributed by atoms with Gasteiger partial charge in [-0.15, -0.1) is 0 Å². The van der Waals surface area contributed by atoms with Crippen LogP contribution in [0.2, 0.25) is 0 Å². The third kappa shape index (κ3) is 6.36. The molecule has 1 N–H and O–H groups in total. The Morgan fingerprint density at radius 3 is 2.47 bits per heavy atom. The van der Waals surface area contributed by atoms with E-state index in [2.05, 4.69) is 63.8 Å². The molecule has 32 heavy (non-hydrogen) atoms. The predicted molar refractivity (Wildman–Crippen MR) is 132 cm³/mol. The Morgan fingerprint density at radius 1 is 1.09 bits per heavy atom. The van der Waals surface area contributed by atoms with Crippen LogP contribution in [0.25, 0.3) is 10.9 Å².